The quantitative estimate of drug-likeness (QED) is 0.550. The lowest BCUT2D eigenvalue weighted by molar-refractivity contribution is 0.126. The summed E-state index contributed by atoms with van der Waals surface area (Å²) in [7, 11) is 1.66. The Hall–Kier alpha value is -2.09. The zero-order chi connectivity index (χ0) is 20.1. The summed E-state index contributed by atoms with van der Waals surface area (Å²) in [4.78, 5) is 9.46. The Labute approximate surface area is 184 Å². The van der Waals surface area contributed by atoms with Crippen LogP contribution in [0, 0.1) is 0 Å². The molecule has 0 radical (unpaired) electrons. The SMILES string of the molecule is COc1cccc(Nc2ncc(C3CCNCC3)c(N[C@H]3CC[C@H](O)CC3)n2)c1.Cl. The Morgan fingerprint density at radius 2 is 1.87 bits per heavy atom. The number of anilines is 3. The van der Waals surface area contributed by atoms with E-state index in [1.807, 2.05) is 30.5 Å². The normalized spacial score (nSPS) is 22.1. The van der Waals surface area contributed by atoms with Gasteiger partial charge >= 0.3 is 0 Å². The second kappa shape index (κ2) is 10.8. The van der Waals surface area contributed by atoms with Gasteiger partial charge in [0.25, 0.3) is 0 Å². The molecule has 7 nitrogen and oxygen atoms in total. The van der Waals surface area contributed by atoms with Crippen LogP contribution in [0.15, 0.2) is 30.5 Å². The Morgan fingerprint density at radius 3 is 2.60 bits per heavy atom. The molecule has 2 heterocycles. The lowest BCUT2D eigenvalue weighted by Gasteiger charge is -2.29. The predicted octanol–water partition coefficient (Wildman–Crippen LogP) is 3.83. The third-order valence-electron chi connectivity index (χ3n) is 5.96. The van der Waals surface area contributed by atoms with Crippen molar-refractivity contribution in [3.05, 3.63) is 36.0 Å². The van der Waals surface area contributed by atoms with Crippen molar-refractivity contribution in [2.24, 2.45) is 0 Å². The number of piperidine rings is 1. The minimum Gasteiger partial charge on any atom is -0.497 e. The van der Waals surface area contributed by atoms with Gasteiger partial charge in [0.1, 0.15) is 11.6 Å². The molecule has 2 fully saturated rings. The van der Waals surface area contributed by atoms with E-state index in [2.05, 4.69) is 20.9 Å². The lowest BCUT2D eigenvalue weighted by atomic mass is 9.90. The Morgan fingerprint density at radius 1 is 1.10 bits per heavy atom. The van der Waals surface area contributed by atoms with Gasteiger partial charge in [0, 0.05) is 29.6 Å². The molecule has 1 aliphatic heterocycles. The number of rotatable bonds is 6. The van der Waals surface area contributed by atoms with E-state index >= 15 is 0 Å². The highest BCUT2D eigenvalue weighted by atomic mass is 35.5. The molecule has 0 amide bonds. The number of aliphatic hydroxyl groups excluding tert-OH is 1. The molecule has 1 aromatic carbocycles. The first kappa shape index (κ1) is 22.6. The third kappa shape index (κ3) is 5.74. The lowest BCUT2D eigenvalue weighted by Crippen LogP contribution is -2.30. The maximum Gasteiger partial charge on any atom is 0.229 e. The average Bonchev–Trinajstić information content (AvgIpc) is 2.76. The molecule has 2 aromatic rings. The van der Waals surface area contributed by atoms with Crippen molar-refractivity contribution in [2.45, 2.75) is 56.6 Å². The van der Waals surface area contributed by atoms with Gasteiger partial charge < -0.3 is 25.8 Å². The first-order valence-electron chi connectivity index (χ1n) is 10.6. The van der Waals surface area contributed by atoms with Crippen LogP contribution in [0.2, 0.25) is 0 Å². The van der Waals surface area contributed by atoms with E-state index < -0.39 is 0 Å². The fourth-order valence-corrected chi connectivity index (χ4v) is 4.24. The molecule has 0 unspecified atom stereocenters. The van der Waals surface area contributed by atoms with Gasteiger partial charge in [-0.15, -0.1) is 12.4 Å². The maximum absolute atomic E-state index is 9.82. The standard InChI is InChI=1S/C22H31N5O2.ClH/c1-29-19-4-2-3-17(13-19)26-22-24-14-20(15-9-11-23-12-10-15)21(27-22)25-16-5-7-18(28)8-6-16;/h2-4,13-16,18,23,28H,5-12H2,1H3,(H2,24,25,26,27);1H/t16-,18-;. The number of halogens is 1. The number of benzene rings is 1. The van der Waals surface area contributed by atoms with Gasteiger partial charge in [-0.1, -0.05) is 6.07 Å². The molecule has 1 aliphatic carbocycles. The highest BCUT2D eigenvalue weighted by molar-refractivity contribution is 5.85. The van der Waals surface area contributed by atoms with E-state index in [-0.39, 0.29) is 18.5 Å². The second-order valence-electron chi connectivity index (χ2n) is 8.03. The molecule has 2 aliphatic rings. The summed E-state index contributed by atoms with van der Waals surface area (Å²) in [6.07, 6.45) is 7.65. The average molecular weight is 434 g/mol. The van der Waals surface area contributed by atoms with Crippen LogP contribution < -0.4 is 20.7 Å². The van der Waals surface area contributed by atoms with Crippen LogP contribution in [0.1, 0.15) is 50.0 Å². The summed E-state index contributed by atoms with van der Waals surface area (Å²) in [5, 5.41) is 20.2. The Bertz CT molecular complexity index is 808. The summed E-state index contributed by atoms with van der Waals surface area (Å²) in [5.74, 6) is 2.77. The van der Waals surface area contributed by atoms with Crippen LogP contribution in [-0.2, 0) is 0 Å². The molecule has 8 heteroatoms. The van der Waals surface area contributed by atoms with Crippen LogP contribution >= 0.6 is 12.4 Å². The molecule has 164 valence electrons. The van der Waals surface area contributed by atoms with Crippen molar-refractivity contribution in [1.82, 2.24) is 15.3 Å². The van der Waals surface area contributed by atoms with E-state index in [1.54, 1.807) is 7.11 Å². The summed E-state index contributed by atoms with van der Waals surface area (Å²) >= 11 is 0. The molecular weight excluding hydrogens is 402 g/mol. The Kier molecular flexibility index (Phi) is 8.13. The smallest absolute Gasteiger partial charge is 0.229 e. The number of nitrogens with one attached hydrogen (secondary N) is 3. The van der Waals surface area contributed by atoms with E-state index in [9.17, 15) is 5.11 Å². The molecule has 1 saturated carbocycles. The van der Waals surface area contributed by atoms with Gasteiger partial charge in [-0.25, -0.2) is 4.98 Å². The van der Waals surface area contributed by atoms with E-state index in [1.165, 1.54) is 5.56 Å². The largest absolute Gasteiger partial charge is 0.497 e. The van der Waals surface area contributed by atoms with Crippen LogP contribution in [0.5, 0.6) is 5.75 Å². The number of hydrogen-bond donors (Lipinski definition) is 4. The van der Waals surface area contributed by atoms with Crippen LogP contribution in [-0.4, -0.2) is 47.4 Å². The van der Waals surface area contributed by atoms with Crippen LogP contribution in [0.4, 0.5) is 17.5 Å². The minimum atomic E-state index is -0.160. The summed E-state index contributed by atoms with van der Waals surface area (Å²) < 4.78 is 5.30. The molecule has 0 atom stereocenters. The molecule has 1 aromatic heterocycles. The van der Waals surface area contributed by atoms with Crippen molar-refractivity contribution in [3.63, 3.8) is 0 Å². The first-order valence-corrected chi connectivity index (χ1v) is 10.6. The van der Waals surface area contributed by atoms with Crippen molar-refractivity contribution >= 4 is 29.9 Å². The summed E-state index contributed by atoms with van der Waals surface area (Å²) in [6.45, 7) is 2.06. The van der Waals surface area contributed by atoms with Gasteiger partial charge in [-0.2, -0.15) is 4.98 Å². The zero-order valence-corrected chi connectivity index (χ0v) is 18.3. The van der Waals surface area contributed by atoms with Crippen LogP contribution in [0.3, 0.4) is 0 Å². The first-order chi connectivity index (χ1) is 14.2. The van der Waals surface area contributed by atoms with Crippen molar-refractivity contribution in [3.8, 4) is 5.75 Å². The molecule has 30 heavy (non-hydrogen) atoms. The molecular formula is C22H32ClN5O2. The monoisotopic (exact) mass is 433 g/mol. The molecule has 4 N–H and O–H groups in total. The topological polar surface area (TPSA) is 91.3 Å². The molecule has 0 bridgehead atoms. The van der Waals surface area contributed by atoms with Crippen LogP contribution in [0.25, 0.3) is 0 Å². The number of aliphatic hydroxyl groups is 1. The zero-order valence-electron chi connectivity index (χ0n) is 17.4. The van der Waals surface area contributed by atoms with Gasteiger partial charge in [0.15, 0.2) is 0 Å². The van der Waals surface area contributed by atoms with E-state index in [4.69, 9.17) is 9.72 Å². The number of nitrogens with zero attached hydrogens (tertiary/aromatic N) is 2. The summed E-state index contributed by atoms with van der Waals surface area (Å²) in [6, 6.07) is 8.11. The molecule has 1 saturated heterocycles. The number of hydrogen-bond acceptors (Lipinski definition) is 7. The van der Waals surface area contributed by atoms with Crippen molar-refractivity contribution in [1.29, 1.82) is 0 Å². The highest BCUT2D eigenvalue weighted by Crippen LogP contribution is 2.32. The minimum absolute atomic E-state index is 0. The highest BCUT2D eigenvalue weighted by Gasteiger charge is 2.24. The predicted molar refractivity (Wildman–Crippen MR) is 122 cm³/mol. The second-order valence-corrected chi connectivity index (χ2v) is 8.03. The summed E-state index contributed by atoms with van der Waals surface area (Å²) in [5.41, 5.74) is 2.10. The van der Waals surface area contributed by atoms with Gasteiger partial charge in [0.05, 0.1) is 13.2 Å². The van der Waals surface area contributed by atoms with E-state index in [0.717, 1.165) is 68.9 Å². The van der Waals surface area contributed by atoms with Gasteiger partial charge in [-0.3, -0.25) is 0 Å². The fourth-order valence-electron chi connectivity index (χ4n) is 4.24. The molecule has 0 spiro atoms. The van der Waals surface area contributed by atoms with Crippen molar-refractivity contribution in [2.75, 3.05) is 30.8 Å². The van der Waals surface area contributed by atoms with Gasteiger partial charge in [-0.05, 0) is 69.7 Å². The Balaban J connectivity index is 0.00000256. The van der Waals surface area contributed by atoms with E-state index in [0.29, 0.717) is 17.9 Å². The molecule has 4 rings (SSSR count). The fraction of sp³-hybridized carbons (Fsp3) is 0.545. The number of ether oxygens (including phenoxy) is 1. The van der Waals surface area contributed by atoms with Gasteiger partial charge in [0.2, 0.25) is 5.95 Å². The third-order valence-corrected chi connectivity index (χ3v) is 5.96. The number of aromatic nitrogens is 2. The number of methoxy groups -OCH3 is 1. The van der Waals surface area contributed by atoms with Crippen molar-refractivity contribution < 1.29 is 9.84 Å². The maximum atomic E-state index is 9.82.